The Morgan fingerprint density at radius 2 is 2.16 bits per heavy atom. The highest BCUT2D eigenvalue weighted by Gasteiger charge is 2.32. The van der Waals surface area contributed by atoms with Gasteiger partial charge in [-0.25, -0.2) is 9.78 Å². The lowest BCUT2D eigenvalue weighted by Crippen LogP contribution is -2.35. The summed E-state index contributed by atoms with van der Waals surface area (Å²) in [5, 5.41) is 0. The quantitative estimate of drug-likeness (QED) is 0.850. The first-order chi connectivity index (χ1) is 8.78. The molecule has 0 aliphatic heterocycles. The number of carbonyl (C=O) groups is 1. The van der Waals surface area contributed by atoms with E-state index in [4.69, 9.17) is 5.73 Å². The van der Waals surface area contributed by atoms with E-state index in [1.807, 2.05) is 0 Å². The summed E-state index contributed by atoms with van der Waals surface area (Å²) in [5.41, 5.74) is 5.43. The normalized spacial score (nSPS) is 11.2. The van der Waals surface area contributed by atoms with Crippen molar-refractivity contribution in [2.75, 3.05) is 30.8 Å². The molecule has 0 fully saturated rings. The van der Waals surface area contributed by atoms with Crippen molar-refractivity contribution in [3.05, 3.63) is 17.8 Å². The fourth-order valence-electron chi connectivity index (χ4n) is 1.57. The maximum Gasteiger partial charge on any atom is 0.405 e. The molecule has 0 saturated heterocycles. The molecule has 0 bridgehead atoms. The topological polar surface area (TPSA) is 68.5 Å². The number of esters is 1. The largest absolute Gasteiger partial charge is 0.465 e. The zero-order chi connectivity index (χ0) is 14.6. The van der Waals surface area contributed by atoms with Crippen LogP contribution in [0.1, 0.15) is 17.3 Å². The van der Waals surface area contributed by atoms with E-state index in [9.17, 15) is 18.0 Å². The second-order valence-electron chi connectivity index (χ2n) is 3.75. The van der Waals surface area contributed by atoms with Gasteiger partial charge in [0.15, 0.2) is 0 Å². The molecular weight excluding hydrogens is 263 g/mol. The smallest absolute Gasteiger partial charge is 0.405 e. The van der Waals surface area contributed by atoms with Gasteiger partial charge in [0.05, 0.1) is 24.6 Å². The number of nitrogen functional groups attached to an aromatic ring is 1. The summed E-state index contributed by atoms with van der Waals surface area (Å²) in [6.07, 6.45) is -3.25. The molecule has 1 rings (SSSR count). The fraction of sp³-hybridized carbons (Fsp3) is 0.455. The number of nitrogens with zero attached hydrogens (tertiary/aromatic N) is 2. The zero-order valence-corrected chi connectivity index (χ0v) is 10.5. The molecule has 0 aliphatic carbocycles. The van der Waals surface area contributed by atoms with E-state index in [2.05, 4.69) is 9.72 Å². The van der Waals surface area contributed by atoms with Crippen LogP contribution in [-0.4, -0.2) is 37.3 Å². The Bertz CT molecular complexity index is 463. The van der Waals surface area contributed by atoms with Crippen LogP contribution in [-0.2, 0) is 4.74 Å². The third-order valence-electron chi connectivity index (χ3n) is 2.40. The number of aromatic nitrogens is 1. The molecule has 0 atom stereocenters. The van der Waals surface area contributed by atoms with Crippen molar-refractivity contribution in [2.45, 2.75) is 13.1 Å². The highest BCUT2D eigenvalue weighted by Crippen LogP contribution is 2.26. The first kappa shape index (κ1) is 15.1. The van der Waals surface area contributed by atoms with E-state index in [0.29, 0.717) is 0 Å². The van der Waals surface area contributed by atoms with Crippen molar-refractivity contribution in [1.29, 1.82) is 0 Å². The van der Waals surface area contributed by atoms with Gasteiger partial charge in [-0.05, 0) is 13.0 Å². The highest BCUT2D eigenvalue weighted by atomic mass is 19.4. The Morgan fingerprint density at radius 3 is 2.63 bits per heavy atom. The number of nitrogens with two attached hydrogens (primary N) is 1. The molecule has 1 aromatic rings. The summed E-state index contributed by atoms with van der Waals surface area (Å²) in [5.74, 6) is -0.725. The van der Waals surface area contributed by atoms with Crippen LogP contribution < -0.4 is 10.6 Å². The molecule has 2 N–H and O–H groups in total. The predicted octanol–water partition coefficient (Wildman–Crippen LogP) is 1.84. The van der Waals surface area contributed by atoms with Gasteiger partial charge in [0, 0.05) is 6.54 Å². The lowest BCUT2D eigenvalue weighted by molar-refractivity contribution is -0.119. The molecule has 0 radical (unpaired) electrons. The Kier molecular flexibility index (Phi) is 4.57. The monoisotopic (exact) mass is 277 g/mol. The van der Waals surface area contributed by atoms with Gasteiger partial charge in [0.2, 0.25) is 0 Å². The predicted molar refractivity (Wildman–Crippen MR) is 63.9 cm³/mol. The second-order valence-corrected chi connectivity index (χ2v) is 3.75. The van der Waals surface area contributed by atoms with Crippen molar-refractivity contribution in [2.24, 2.45) is 0 Å². The standard InChI is InChI=1S/C11H14F3N3O2/c1-3-17(6-11(12,13)14)8-5-16-9(15)4-7(8)10(18)19-2/h4-5H,3,6H2,1-2H3,(H2,15,16). The average molecular weight is 277 g/mol. The number of rotatable bonds is 4. The van der Waals surface area contributed by atoms with Crippen LogP contribution in [0.4, 0.5) is 24.7 Å². The van der Waals surface area contributed by atoms with Crippen LogP contribution in [0.15, 0.2) is 12.3 Å². The molecule has 0 spiro atoms. The maximum atomic E-state index is 12.5. The second kappa shape index (κ2) is 5.77. The van der Waals surface area contributed by atoms with Crippen molar-refractivity contribution in [1.82, 2.24) is 4.98 Å². The minimum atomic E-state index is -4.38. The molecule has 1 heterocycles. The SMILES string of the molecule is CCN(CC(F)(F)F)c1cnc(N)cc1C(=O)OC. The summed E-state index contributed by atoms with van der Waals surface area (Å²) in [4.78, 5) is 16.3. The first-order valence-electron chi connectivity index (χ1n) is 5.44. The number of halogens is 3. The minimum absolute atomic E-state index is 0.0345. The first-order valence-corrected chi connectivity index (χ1v) is 5.44. The van der Waals surface area contributed by atoms with Crippen LogP contribution in [0.5, 0.6) is 0 Å². The number of ether oxygens (including phenoxy) is 1. The van der Waals surface area contributed by atoms with Crippen molar-refractivity contribution in [3.63, 3.8) is 0 Å². The van der Waals surface area contributed by atoms with Crippen LogP contribution in [0, 0.1) is 0 Å². The van der Waals surface area contributed by atoms with E-state index in [-0.39, 0.29) is 23.6 Å². The van der Waals surface area contributed by atoms with Gasteiger partial charge in [-0.3, -0.25) is 0 Å². The zero-order valence-electron chi connectivity index (χ0n) is 10.5. The summed E-state index contributed by atoms with van der Waals surface area (Å²) >= 11 is 0. The number of methoxy groups -OCH3 is 1. The van der Waals surface area contributed by atoms with Crippen LogP contribution in [0.25, 0.3) is 0 Å². The summed E-state index contributed by atoms with van der Waals surface area (Å²) in [6.45, 7) is 0.428. The maximum absolute atomic E-state index is 12.5. The van der Waals surface area contributed by atoms with Gasteiger partial charge in [-0.1, -0.05) is 0 Å². The summed E-state index contributed by atoms with van der Waals surface area (Å²) in [6, 6.07) is 1.19. The van der Waals surface area contributed by atoms with E-state index < -0.39 is 18.7 Å². The number of pyridine rings is 1. The van der Waals surface area contributed by atoms with Gasteiger partial charge >= 0.3 is 12.1 Å². The Balaban J connectivity index is 3.19. The summed E-state index contributed by atoms with van der Waals surface area (Å²) in [7, 11) is 1.14. The fourth-order valence-corrected chi connectivity index (χ4v) is 1.57. The minimum Gasteiger partial charge on any atom is -0.465 e. The van der Waals surface area contributed by atoms with Crippen LogP contribution in [0.3, 0.4) is 0 Å². The van der Waals surface area contributed by atoms with Gasteiger partial charge in [-0.15, -0.1) is 0 Å². The third-order valence-corrected chi connectivity index (χ3v) is 2.40. The van der Waals surface area contributed by atoms with Crippen molar-refractivity contribution < 1.29 is 22.7 Å². The van der Waals surface area contributed by atoms with Gasteiger partial charge in [0.25, 0.3) is 0 Å². The number of hydrogen-bond donors (Lipinski definition) is 1. The molecule has 106 valence electrons. The molecule has 0 aliphatic rings. The molecule has 0 saturated carbocycles. The number of anilines is 2. The van der Waals surface area contributed by atoms with Crippen LogP contribution >= 0.6 is 0 Å². The highest BCUT2D eigenvalue weighted by molar-refractivity contribution is 5.96. The van der Waals surface area contributed by atoms with E-state index in [1.165, 1.54) is 6.07 Å². The molecular formula is C11H14F3N3O2. The van der Waals surface area contributed by atoms with E-state index >= 15 is 0 Å². The average Bonchev–Trinajstić information content (AvgIpc) is 2.34. The molecule has 5 nitrogen and oxygen atoms in total. The number of hydrogen-bond acceptors (Lipinski definition) is 5. The van der Waals surface area contributed by atoms with Crippen molar-refractivity contribution in [3.8, 4) is 0 Å². The lowest BCUT2D eigenvalue weighted by Gasteiger charge is -2.25. The molecule has 1 aromatic heterocycles. The summed E-state index contributed by atoms with van der Waals surface area (Å²) < 4.78 is 41.9. The van der Waals surface area contributed by atoms with Gasteiger partial charge < -0.3 is 15.4 Å². The molecule has 19 heavy (non-hydrogen) atoms. The number of alkyl halides is 3. The van der Waals surface area contributed by atoms with Crippen molar-refractivity contribution >= 4 is 17.5 Å². The van der Waals surface area contributed by atoms with E-state index in [1.54, 1.807) is 6.92 Å². The molecule has 0 amide bonds. The molecule has 8 heteroatoms. The van der Waals surface area contributed by atoms with Gasteiger partial charge in [0.1, 0.15) is 12.4 Å². The van der Waals surface area contributed by atoms with E-state index in [0.717, 1.165) is 18.2 Å². The molecule has 0 aromatic carbocycles. The molecule has 0 unspecified atom stereocenters. The van der Waals surface area contributed by atoms with Crippen LogP contribution in [0.2, 0.25) is 0 Å². The van der Waals surface area contributed by atoms with Gasteiger partial charge in [-0.2, -0.15) is 13.2 Å². The Labute approximate surface area is 108 Å². The Hall–Kier alpha value is -1.99. The lowest BCUT2D eigenvalue weighted by atomic mass is 10.2. The number of carbonyl (C=O) groups excluding carboxylic acids is 1. The Morgan fingerprint density at radius 1 is 1.53 bits per heavy atom. The third kappa shape index (κ3) is 4.01.